The number of carbonyl (C=O) groups is 2. The third-order valence-corrected chi connectivity index (χ3v) is 8.49. The lowest BCUT2D eigenvalue weighted by atomic mass is 9.75. The van der Waals surface area contributed by atoms with E-state index in [4.69, 9.17) is 5.73 Å². The molecule has 0 aliphatic carbocycles. The first kappa shape index (κ1) is 28.2. The van der Waals surface area contributed by atoms with E-state index >= 15 is 0 Å². The molecule has 0 bridgehead atoms. The molecule has 1 amide bonds. The fraction of sp³-hybridized carbons (Fsp3) is 0.375. The van der Waals surface area contributed by atoms with Crippen LogP contribution in [0.4, 0.5) is 0 Å². The van der Waals surface area contributed by atoms with Gasteiger partial charge in [-0.15, -0.1) is 0 Å². The van der Waals surface area contributed by atoms with Gasteiger partial charge in [0, 0.05) is 18.9 Å². The highest BCUT2D eigenvalue weighted by atomic mass is 16.4. The van der Waals surface area contributed by atoms with E-state index in [0.29, 0.717) is 18.4 Å². The second kappa shape index (κ2) is 12.1. The molecule has 2 atom stereocenters. The van der Waals surface area contributed by atoms with E-state index in [1.54, 1.807) is 12.1 Å². The number of benzene rings is 3. The van der Waals surface area contributed by atoms with Gasteiger partial charge in [0.05, 0.1) is 18.0 Å². The number of Topliss-reactive ketones (excluding diaryl/α,β-unsaturated/α-hetero) is 1. The van der Waals surface area contributed by atoms with Crippen LogP contribution in [0.15, 0.2) is 72.8 Å². The number of carbonyl (C=O) groups excluding carboxylic acids is 2. The number of nitrogens with two attached hydrogens (primary N) is 1. The van der Waals surface area contributed by atoms with Crippen molar-refractivity contribution in [3.63, 3.8) is 0 Å². The molecule has 4 N–H and O–H groups in total. The van der Waals surface area contributed by atoms with Crippen LogP contribution in [0.3, 0.4) is 0 Å². The number of aryl methyl sites for hydroxylation is 2. The van der Waals surface area contributed by atoms with Crippen molar-refractivity contribution in [2.24, 2.45) is 11.7 Å². The van der Waals surface area contributed by atoms with Gasteiger partial charge in [0.15, 0.2) is 0 Å². The van der Waals surface area contributed by atoms with Gasteiger partial charge in [-0.3, -0.25) is 14.5 Å². The summed E-state index contributed by atoms with van der Waals surface area (Å²) < 4.78 is 0. The zero-order chi connectivity index (χ0) is 28.4. The molecule has 0 unspecified atom stereocenters. The monoisotopic (exact) mass is 539 g/mol. The zero-order valence-electron chi connectivity index (χ0n) is 23.2. The number of rotatable bonds is 8. The molecule has 2 heterocycles. The van der Waals surface area contributed by atoms with Crippen LogP contribution >= 0.6 is 0 Å². The number of ketones is 1. The third kappa shape index (κ3) is 5.91. The van der Waals surface area contributed by atoms with Crippen molar-refractivity contribution in [3.8, 4) is 0 Å². The zero-order valence-corrected chi connectivity index (χ0v) is 23.2. The van der Waals surface area contributed by atoms with E-state index in [0.717, 1.165) is 18.7 Å². The Kier molecular flexibility index (Phi) is 8.52. The molecule has 3 aromatic carbocycles. The van der Waals surface area contributed by atoms with Gasteiger partial charge in [-0.2, -0.15) is 0 Å². The van der Waals surface area contributed by atoms with Crippen LogP contribution in [0.1, 0.15) is 64.6 Å². The minimum atomic E-state index is -1.73. The Bertz CT molecular complexity index is 1290. The van der Waals surface area contributed by atoms with Crippen molar-refractivity contribution in [1.82, 2.24) is 9.80 Å². The summed E-state index contributed by atoms with van der Waals surface area (Å²) >= 11 is 0. The van der Waals surface area contributed by atoms with E-state index < -0.39 is 25.0 Å². The van der Waals surface area contributed by atoms with Crippen LogP contribution in [-0.2, 0) is 16.1 Å². The molecular formula is C32H38BN3O4. The second-order valence-corrected chi connectivity index (χ2v) is 11.3. The number of fused-ring (bicyclic) bond motifs is 1. The molecule has 40 heavy (non-hydrogen) atoms. The highest BCUT2D eigenvalue weighted by Crippen LogP contribution is 2.36. The van der Waals surface area contributed by atoms with E-state index in [-0.39, 0.29) is 30.7 Å². The van der Waals surface area contributed by atoms with Gasteiger partial charge in [-0.1, -0.05) is 83.9 Å². The maximum Gasteiger partial charge on any atom is 0.480 e. The van der Waals surface area contributed by atoms with Crippen LogP contribution in [0, 0.1) is 19.8 Å². The number of likely N-dealkylation sites (tertiary alicyclic amines) is 1. The van der Waals surface area contributed by atoms with Crippen LogP contribution in [0.25, 0.3) is 0 Å². The predicted octanol–water partition coefficient (Wildman–Crippen LogP) is 3.49. The van der Waals surface area contributed by atoms with E-state index in [1.165, 1.54) is 27.2 Å². The van der Waals surface area contributed by atoms with Crippen LogP contribution in [0.5, 0.6) is 0 Å². The fourth-order valence-corrected chi connectivity index (χ4v) is 6.23. The Morgan fingerprint density at radius 3 is 2.00 bits per heavy atom. The first-order valence-electron chi connectivity index (χ1n) is 14.1. The Morgan fingerprint density at radius 1 is 0.900 bits per heavy atom. The largest absolute Gasteiger partial charge is 0.480 e. The van der Waals surface area contributed by atoms with Crippen molar-refractivity contribution in [1.29, 1.82) is 0 Å². The molecule has 8 heteroatoms. The first-order chi connectivity index (χ1) is 19.2. The highest BCUT2D eigenvalue weighted by molar-refractivity contribution is 6.43. The molecule has 7 nitrogen and oxygen atoms in total. The average molecular weight is 539 g/mol. The van der Waals surface area contributed by atoms with Gasteiger partial charge in [0.2, 0.25) is 5.91 Å². The molecule has 0 aromatic heterocycles. The molecule has 0 radical (unpaired) electrons. The van der Waals surface area contributed by atoms with E-state index in [9.17, 15) is 19.6 Å². The maximum atomic E-state index is 13.3. The van der Waals surface area contributed by atoms with E-state index in [1.807, 2.05) is 12.1 Å². The lowest BCUT2D eigenvalue weighted by Crippen LogP contribution is -2.48. The maximum absolute atomic E-state index is 13.3. The Balaban J connectivity index is 1.22. The highest BCUT2D eigenvalue weighted by Gasteiger charge is 2.42. The molecule has 208 valence electrons. The van der Waals surface area contributed by atoms with Crippen molar-refractivity contribution in [3.05, 3.63) is 106 Å². The van der Waals surface area contributed by atoms with E-state index in [2.05, 4.69) is 67.3 Å². The van der Waals surface area contributed by atoms with Crippen LogP contribution < -0.4 is 5.73 Å². The number of nitrogens with zero attached hydrogens (tertiary/aromatic N) is 2. The van der Waals surface area contributed by atoms with Crippen molar-refractivity contribution < 1.29 is 19.6 Å². The quantitative estimate of drug-likeness (QED) is 0.379. The molecule has 1 fully saturated rings. The summed E-state index contributed by atoms with van der Waals surface area (Å²) in [5, 5.41) is 20.0. The Morgan fingerprint density at radius 2 is 1.45 bits per heavy atom. The first-order valence-corrected chi connectivity index (χ1v) is 14.1. The van der Waals surface area contributed by atoms with Gasteiger partial charge < -0.3 is 20.7 Å². The van der Waals surface area contributed by atoms with Crippen molar-refractivity contribution in [2.75, 3.05) is 13.1 Å². The summed E-state index contributed by atoms with van der Waals surface area (Å²) in [5.41, 5.74) is 12.7. The molecular weight excluding hydrogens is 501 g/mol. The van der Waals surface area contributed by atoms with Gasteiger partial charge in [0.1, 0.15) is 5.78 Å². The lowest BCUT2D eigenvalue weighted by Gasteiger charge is -2.38. The predicted molar refractivity (Wildman–Crippen MR) is 156 cm³/mol. The van der Waals surface area contributed by atoms with Crippen LogP contribution in [0.2, 0.25) is 0 Å². The van der Waals surface area contributed by atoms with Crippen molar-refractivity contribution in [2.45, 2.75) is 57.7 Å². The molecule has 1 saturated heterocycles. The molecule has 2 aliphatic rings. The Hall–Kier alpha value is -3.30. The van der Waals surface area contributed by atoms with Gasteiger partial charge >= 0.3 is 7.12 Å². The molecule has 3 aromatic rings. The molecule has 2 aliphatic heterocycles. The van der Waals surface area contributed by atoms with Crippen molar-refractivity contribution >= 4 is 18.8 Å². The molecule has 0 spiro atoms. The number of amides is 1. The summed E-state index contributed by atoms with van der Waals surface area (Å²) in [7, 11) is -1.73. The summed E-state index contributed by atoms with van der Waals surface area (Å²) in [5.74, 6) is -1.46. The third-order valence-electron chi connectivity index (χ3n) is 8.49. The molecule has 5 rings (SSSR count). The summed E-state index contributed by atoms with van der Waals surface area (Å²) in [6, 6.07) is 23.7. The second-order valence-electron chi connectivity index (χ2n) is 11.3. The number of hydrogen-bond acceptors (Lipinski definition) is 6. The fourth-order valence-electron chi connectivity index (χ4n) is 6.23. The minimum absolute atomic E-state index is 0.000491. The molecule has 0 saturated carbocycles. The van der Waals surface area contributed by atoms with Crippen LogP contribution in [-0.4, -0.2) is 57.8 Å². The van der Waals surface area contributed by atoms with Gasteiger partial charge in [0.25, 0.3) is 0 Å². The minimum Gasteiger partial charge on any atom is -0.426 e. The average Bonchev–Trinajstić information content (AvgIpc) is 3.35. The Labute approximate surface area is 236 Å². The normalized spacial score (nSPS) is 18.6. The van der Waals surface area contributed by atoms with Gasteiger partial charge in [-0.25, -0.2) is 0 Å². The lowest BCUT2D eigenvalue weighted by molar-refractivity contribution is -0.137. The number of hydrogen-bond donors (Lipinski definition) is 3. The summed E-state index contributed by atoms with van der Waals surface area (Å²) in [4.78, 5) is 30.4. The number of piperidine rings is 1. The smallest absolute Gasteiger partial charge is 0.426 e. The standard InChI is InChI=1S/C32H38BN3O4/c1-21-7-11-24(12-8-21)30(25-13-9-22(2)10-14-25)35-17-15-23(16-18-35)29(37)19-28(34)32(38)36-20-26-5-3-4-6-27(26)31(36)33(39)40/h3-14,23,28,30-31,39-40H,15-20,34H2,1-2H3/t28-,31-/m0/s1. The SMILES string of the molecule is Cc1ccc(C(c2ccc(C)cc2)N2CCC(C(=O)C[C@H](N)C(=O)N3Cc4ccccc4[C@H]3B(O)O)CC2)cc1. The summed E-state index contributed by atoms with van der Waals surface area (Å²) in [6.45, 7) is 5.97. The topological polar surface area (TPSA) is 107 Å². The van der Waals surface area contributed by atoms with Gasteiger partial charge in [-0.05, 0) is 62.0 Å². The summed E-state index contributed by atoms with van der Waals surface area (Å²) in [6.07, 6.45) is 1.37.